The van der Waals surface area contributed by atoms with Gasteiger partial charge in [0.1, 0.15) is 0 Å². The summed E-state index contributed by atoms with van der Waals surface area (Å²) >= 11 is 12.0. The SMILES string of the molecule is O=C(Nc1ccc(Cl)c(Cl)c1)N1CCN(C[C@@H]2CCCN(CCC3CCNCC3)C2)CC1. The first-order valence-electron chi connectivity index (χ1n) is 12.2. The highest BCUT2D eigenvalue weighted by Crippen LogP contribution is 2.25. The van der Waals surface area contributed by atoms with Gasteiger partial charge in [0.05, 0.1) is 10.0 Å². The van der Waals surface area contributed by atoms with Crippen LogP contribution in [-0.4, -0.2) is 86.2 Å². The number of hydrogen-bond donors (Lipinski definition) is 2. The van der Waals surface area contributed by atoms with E-state index in [4.69, 9.17) is 23.2 Å². The molecule has 0 aliphatic carbocycles. The lowest BCUT2D eigenvalue weighted by Crippen LogP contribution is -2.52. The molecule has 3 aliphatic heterocycles. The number of benzene rings is 1. The van der Waals surface area contributed by atoms with E-state index in [0.717, 1.165) is 44.6 Å². The second-order valence-corrected chi connectivity index (χ2v) is 10.5. The van der Waals surface area contributed by atoms with Crippen molar-refractivity contribution in [2.24, 2.45) is 11.8 Å². The number of hydrogen-bond acceptors (Lipinski definition) is 4. The van der Waals surface area contributed by atoms with Crippen molar-refractivity contribution in [2.45, 2.75) is 32.1 Å². The highest BCUT2D eigenvalue weighted by molar-refractivity contribution is 6.42. The molecule has 1 aromatic carbocycles. The van der Waals surface area contributed by atoms with Gasteiger partial charge in [-0.1, -0.05) is 23.2 Å². The Morgan fingerprint density at radius 2 is 1.75 bits per heavy atom. The molecule has 32 heavy (non-hydrogen) atoms. The normalized spacial score (nSPS) is 23.9. The van der Waals surface area contributed by atoms with Gasteiger partial charge in [-0.2, -0.15) is 0 Å². The number of nitrogens with zero attached hydrogens (tertiary/aromatic N) is 3. The minimum Gasteiger partial charge on any atom is -0.322 e. The third-order valence-electron chi connectivity index (χ3n) is 7.26. The minimum absolute atomic E-state index is 0.0650. The summed E-state index contributed by atoms with van der Waals surface area (Å²) in [6, 6.07) is 5.11. The van der Waals surface area contributed by atoms with E-state index < -0.39 is 0 Å². The Morgan fingerprint density at radius 1 is 0.969 bits per heavy atom. The summed E-state index contributed by atoms with van der Waals surface area (Å²) in [4.78, 5) is 19.8. The Kier molecular flexibility index (Phi) is 8.95. The first-order chi connectivity index (χ1) is 15.6. The Bertz CT molecular complexity index is 750. The highest BCUT2D eigenvalue weighted by Gasteiger charge is 2.26. The number of likely N-dealkylation sites (tertiary alicyclic amines) is 1. The van der Waals surface area contributed by atoms with Gasteiger partial charge in [0, 0.05) is 45.0 Å². The maximum absolute atomic E-state index is 12.6. The van der Waals surface area contributed by atoms with Gasteiger partial charge in [0.15, 0.2) is 0 Å². The van der Waals surface area contributed by atoms with Gasteiger partial charge >= 0.3 is 6.03 Å². The van der Waals surface area contributed by atoms with Crippen molar-refractivity contribution in [1.82, 2.24) is 20.0 Å². The van der Waals surface area contributed by atoms with Gasteiger partial charge in [0.2, 0.25) is 0 Å². The van der Waals surface area contributed by atoms with E-state index in [0.29, 0.717) is 15.7 Å². The number of carbonyl (C=O) groups excluding carboxylic acids is 1. The second kappa shape index (κ2) is 11.9. The Morgan fingerprint density at radius 3 is 2.50 bits per heavy atom. The summed E-state index contributed by atoms with van der Waals surface area (Å²) < 4.78 is 0. The van der Waals surface area contributed by atoms with Gasteiger partial charge in [0.25, 0.3) is 0 Å². The van der Waals surface area contributed by atoms with E-state index in [1.165, 1.54) is 64.8 Å². The zero-order valence-electron chi connectivity index (χ0n) is 19.0. The number of anilines is 1. The molecule has 0 bridgehead atoms. The van der Waals surface area contributed by atoms with Crippen LogP contribution in [0, 0.1) is 11.8 Å². The molecule has 178 valence electrons. The average Bonchev–Trinajstić information content (AvgIpc) is 2.81. The third kappa shape index (κ3) is 6.97. The van der Waals surface area contributed by atoms with Crippen molar-refractivity contribution >= 4 is 34.9 Å². The van der Waals surface area contributed by atoms with Crippen LogP contribution in [0.1, 0.15) is 32.1 Å². The lowest BCUT2D eigenvalue weighted by molar-refractivity contribution is 0.0977. The van der Waals surface area contributed by atoms with Gasteiger partial charge in [-0.25, -0.2) is 4.79 Å². The number of amides is 2. The van der Waals surface area contributed by atoms with Crippen LogP contribution in [0.15, 0.2) is 18.2 Å². The number of piperazine rings is 1. The average molecular weight is 483 g/mol. The monoisotopic (exact) mass is 481 g/mol. The van der Waals surface area contributed by atoms with Gasteiger partial charge < -0.3 is 20.4 Å². The van der Waals surface area contributed by atoms with Crippen molar-refractivity contribution in [1.29, 1.82) is 0 Å². The summed E-state index contributed by atoms with van der Waals surface area (Å²) in [5.74, 6) is 1.67. The molecule has 3 saturated heterocycles. The fourth-order valence-corrected chi connectivity index (χ4v) is 5.61. The predicted octanol–water partition coefficient (Wildman–Crippen LogP) is 4.24. The third-order valence-corrected chi connectivity index (χ3v) is 8.00. The molecule has 3 heterocycles. The van der Waals surface area contributed by atoms with Gasteiger partial charge in [-0.15, -0.1) is 0 Å². The Balaban J connectivity index is 1.16. The molecule has 2 N–H and O–H groups in total. The molecule has 0 aromatic heterocycles. The number of rotatable bonds is 6. The van der Waals surface area contributed by atoms with E-state index in [2.05, 4.69) is 20.4 Å². The van der Waals surface area contributed by atoms with Crippen LogP contribution >= 0.6 is 23.2 Å². The molecular weight excluding hydrogens is 445 g/mol. The lowest BCUT2D eigenvalue weighted by Gasteiger charge is -2.39. The highest BCUT2D eigenvalue weighted by atomic mass is 35.5. The molecule has 0 spiro atoms. The maximum Gasteiger partial charge on any atom is 0.321 e. The van der Waals surface area contributed by atoms with Crippen molar-refractivity contribution in [2.75, 3.05) is 70.8 Å². The largest absolute Gasteiger partial charge is 0.322 e. The quantitative estimate of drug-likeness (QED) is 0.637. The molecule has 0 radical (unpaired) electrons. The number of piperidine rings is 2. The lowest BCUT2D eigenvalue weighted by atomic mass is 9.93. The summed E-state index contributed by atoms with van der Waals surface area (Å²) in [6.45, 7) is 10.7. The number of urea groups is 1. The molecule has 0 unspecified atom stereocenters. The smallest absolute Gasteiger partial charge is 0.321 e. The van der Waals surface area contributed by atoms with Crippen LogP contribution in [-0.2, 0) is 0 Å². The van der Waals surface area contributed by atoms with Crippen LogP contribution in [0.5, 0.6) is 0 Å². The van der Waals surface area contributed by atoms with Crippen molar-refractivity contribution in [3.8, 4) is 0 Å². The molecule has 1 atom stereocenters. The maximum atomic E-state index is 12.6. The summed E-state index contributed by atoms with van der Waals surface area (Å²) in [5.41, 5.74) is 0.679. The number of carbonyl (C=O) groups is 1. The van der Waals surface area contributed by atoms with Crippen molar-refractivity contribution in [3.63, 3.8) is 0 Å². The molecule has 3 fully saturated rings. The standard InChI is InChI=1S/C24H37Cl2N5O/c25-22-4-3-21(16-23(22)26)28-24(32)31-14-12-30(13-15-31)18-20-2-1-10-29(17-20)11-7-19-5-8-27-9-6-19/h3-4,16,19-20,27H,1-2,5-15,17-18H2,(H,28,32)/t20-/m1/s1. The molecule has 6 nitrogen and oxygen atoms in total. The van der Waals surface area contributed by atoms with Crippen molar-refractivity contribution in [3.05, 3.63) is 28.2 Å². The van der Waals surface area contributed by atoms with Crippen LogP contribution in [0.3, 0.4) is 0 Å². The van der Waals surface area contributed by atoms with Crippen LogP contribution in [0.4, 0.5) is 10.5 Å². The summed E-state index contributed by atoms with van der Waals surface area (Å²) in [7, 11) is 0. The van der Waals surface area contributed by atoms with Gasteiger partial charge in [-0.3, -0.25) is 4.90 Å². The fourth-order valence-electron chi connectivity index (χ4n) is 5.31. The van der Waals surface area contributed by atoms with E-state index in [9.17, 15) is 4.79 Å². The number of nitrogens with one attached hydrogen (secondary N) is 2. The predicted molar refractivity (Wildman–Crippen MR) is 133 cm³/mol. The number of halogens is 2. The first kappa shape index (κ1) is 24.1. The van der Waals surface area contributed by atoms with Crippen molar-refractivity contribution < 1.29 is 4.79 Å². The molecule has 1 aromatic rings. The van der Waals surface area contributed by atoms with E-state index in [1.807, 2.05) is 4.90 Å². The zero-order chi connectivity index (χ0) is 22.3. The Hall–Kier alpha value is -1.05. The molecule has 4 rings (SSSR count). The molecule has 0 saturated carbocycles. The summed E-state index contributed by atoms with van der Waals surface area (Å²) in [6.07, 6.45) is 6.71. The van der Waals surface area contributed by atoms with Crippen LogP contribution in [0.25, 0.3) is 0 Å². The fraction of sp³-hybridized carbons (Fsp3) is 0.708. The van der Waals surface area contributed by atoms with E-state index in [-0.39, 0.29) is 6.03 Å². The second-order valence-electron chi connectivity index (χ2n) is 9.64. The topological polar surface area (TPSA) is 50.9 Å². The minimum atomic E-state index is -0.0650. The van der Waals surface area contributed by atoms with E-state index in [1.54, 1.807) is 18.2 Å². The van der Waals surface area contributed by atoms with E-state index >= 15 is 0 Å². The molecule has 8 heteroatoms. The molecule has 2 amide bonds. The first-order valence-corrected chi connectivity index (χ1v) is 13.0. The zero-order valence-corrected chi connectivity index (χ0v) is 20.5. The van der Waals surface area contributed by atoms with Crippen LogP contribution in [0.2, 0.25) is 10.0 Å². The van der Waals surface area contributed by atoms with Crippen LogP contribution < -0.4 is 10.6 Å². The Labute approximate surface area is 202 Å². The molecular formula is C24H37Cl2N5O. The summed E-state index contributed by atoms with van der Waals surface area (Å²) in [5, 5.41) is 7.35. The van der Waals surface area contributed by atoms with Gasteiger partial charge in [-0.05, 0) is 88.3 Å². The molecule has 3 aliphatic rings.